The van der Waals surface area contributed by atoms with Gasteiger partial charge in [-0.05, 0) is 61.7 Å². The number of halogens is 4. The van der Waals surface area contributed by atoms with Gasteiger partial charge in [-0.3, -0.25) is 4.79 Å². The van der Waals surface area contributed by atoms with E-state index >= 15 is 0 Å². The molecule has 1 aliphatic heterocycles. The van der Waals surface area contributed by atoms with E-state index in [2.05, 4.69) is 5.32 Å². The molecule has 1 heterocycles. The van der Waals surface area contributed by atoms with E-state index in [1.54, 1.807) is 6.92 Å². The lowest BCUT2D eigenvalue weighted by Gasteiger charge is -2.26. The number of nitrogens with one attached hydrogen (secondary N) is 1. The summed E-state index contributed by atoms with van der Waals surface area (Å²) in [5.74, 6) is -0.549. The van der Waals surface area contributed by atoms with E-state index in [9.17, 15) is 26.4 Å². The molecular formula is C21H22ClF3N2O4S. The minimum atomic E-state index is -4.69. The van der Waals surface area contributed by atoms with Crippen LogP contribution in [0.5, 0.6) is 5.75 Å². The Bertz CT molecular complexity index is 1100. The Morgan fingerprint density at radius 2 is 1.81 bits per heavy atom. The molecule has 3 rings (SSSR count). The zero-order chi connectivity index (χ0) is 23.5. The maximum atomic E-state index is 13.2. The van der Waals surface area contributed by atoms with Crippen LogP contribution < -0.4 is 10.1 Å². The Morgan fingerprint density at radius 1 is 1.12 bits per heavy atom. The van der Waals surface area contributed by atoms with Gasteiger partial charge in [0.1, 0.15) is 5.75 Å². The highest BCUT2D eigenvalue weighted by molar-refractivity contribution is 7.89. The largest absolute Gasteiger partial charge is 0.483 e. The van der Waals surface area contributed by atoms with Gasteiger partial charge in [-0.15, -0.1) is 0 Å². The van der Waals surface area contributed by atoms with Crippen LogP contribution in [0.3, 0.4) is 0 Å². The molecule has 1 N–H and O–H groups in total. The first kappa shape index (κ1) is 24.3. The maximum Gasteiger partial charge on any atom is 0.418 e. The van der Waals surface area contributed by atoms with Gasteiger partial charge in [0.25, 0.3) is 5.91 Å². The van der Waals surface area contributed by atoms with E-state index in [1.807, 2.05) is 0 Å². The monoisotopic (exact) mass is 490 g/mol. The van der Waals surface area contributed by atoms with Gasteiger partial charge in [0.15, 0.2) is 6.61 Å². The third-order valence-electron chi connectivity index (χ3n) is 5.02. The fraction of sp³-hybridized carbons (Fsp3) is 0.381. The van der Waals surface area contributed by atoms with Crippen molar-refractivity contribution in [3.63, 3.8) is 0 Å². The summed E-state index contributed by atoms with van der Waals surface area (Å²) in [5, 5.41) is 2.06. The van der Waals surface area contributed by atoms with Crippen molar-refractivity contribution >= 4 is 33.2 Å². The van der Waals surface area contributed by atoms with E-state index < -0.39 is 40.0 Å². The van der Waals surface area contributed by atoms with Crippen LogP contribution in [0.1, 0.15) is 30.4 Å². The van der Waals surface area contributed by atoms with Crippen molar-refractivity contribution in [1.29, 1.82) is 0 Å². The summed E-state index contributed by atoms with van der Waals surface area (Å²) >= 11 is 5.63. The molecule has 1 fully saturated rings. The first-order valence-corrected chi connectivity index (χ1v) is 11.7. The van der Waals surface area contributed by atoms with Gasteiger partial charge >= 0.3 is 6.18 Å². The van der Waals surface area contributed by atoms with Gasteiger partial charge in [-0.1, -0.05) is 18.0 Å². The first-order valence-electron chi connectivity index (χ1n) is 9.88. The van der Waals surface area contributed by atoms with Gasteiger partial charge in [-0.2, -0.15) is 17.5 Å². The third-order valence-corrected chi connectivity index (χ3v) is 7.15. The minimum absolute atomic E-state index is 0.109. The number of carbonyl (C=O) groups is 1. The number of hydrogen-bond donors (Lipinski definition) is 1. The molecule has 0 spiro atoms. The van der Waals surface area contributed by atoms with E-state index in [-0.39, 0.29) is 15.7 Å². The van der Waals surface area contributed by atoms with Crippen LogP contribution in [0.25, 0.3) is 0 Å². The summed E-state index contributed by atoms with van der Waals surface area (Å²) < 4.78 is 71.9. The Labute approximate surface area is 189 Å². The summed E-state index contributed by atoms with van der Waals surface area (Å²) in [6, 6.07) is 7.31. The lowest BCUT2D eigenvalue weighted by Crippen LogP contribution is -2.35. The number of aryl methyl sites for hydroxylation is 1. The average Bonchev–Trinajstić information content (AvgIpc) is 2.74. The van der Waals surface area contributed by atoms with Crippen molar-refractivity contribution in [1.82, 2.24) is 4.31 Å². The van der Waals surface area contributed by atoms with Crippen molar-refractivity contribution in [2.24, 2.45) is 0 Å². The maximum absolute atomic E-state index is 13.2. The Balaban J connectivity index is 1.67. The molecule has 0 saturated carbocycles. The number of ether oxygens (including phenoxy) is 1. The number of rotatable bonds is 6. The van der Waals surface area contributed by atoms with Crippen LogP contribution in [0.2, 0.25) is 5.02 Å². The molecule has 1 aliphatic rings. The second kappa shape index (κ2) is 9.68. The quantitative estimate of drug-likeness (QED) is 0.627. The summed E-state index contributed by atoms with van der Waals surface area (Å²) in [5.41, 5.74) is -1.02. The van der Waals surface area contributed by atoms with Crippen molar-refractivity contribution in [3.05, 3.63) is 52.5 Å². The van der Waals surface area contributed by atoms with Crippen molar-refractivity contribution in [3.8, 4) is 5.75 Å². The second-order valence-corrected chi connectivity index (χ2v) is 9.79. The Hall–Kier alpha value is -2.30. The van der Waals surface area contributed by atoms with Gasteiger partial charge in [0.05, 0.1) is 16.1 Å². The van der Waals surface area contributed by atoms with Crippen LogP contribution in [-0.2, 0) is 21.0 Å². The molecule has 11 heteroatoms. The highest BCUT2D eigenvalue weighted by atomic mass is 35.5. The lowest BCUT2D eigenvalue weighted by atomic mass is 10.1. The molecule has 1 amide bonds. The normalized spacial score (nSPS) is 15.4. The SMILES string of the molecule is Cc1cc(S(=O)(=O)N2CCCCC2)ccc1OCC(=O)Nc1ccc(Cl)cc1C(F)(F)F. The molecule has 6 nitrogen and oxygen atoms in total. The predicted molar refractivity (Wildman–Crippen MR) is 114 cm³/mol. The number of amides is 1. The van der Waals surface area contributed by atoms with Crippen LogP contribution >= 0.6 is 11.6 Å². The molecule has 1 saturated heterocycles. The van der Waals surface area contributed by atoms with Crippen LogP contribution in [0, 0.1) is 6.92 Å². The topological polar surface area (TPSA) is 75.7 Å². The molecule has 0 radical (unpaired) electrons. The number of piperidine rings is 1. The number of carbonyl (C=O) groups excluding carboxylic acids is 1. The van der Waals surface area contributed by atoms with E-state index in [4.69, 9.17) is 16.3 Å². The lowest BCUT2D eigenvalue weighted by molar-refractivity contribution is -0.137. The highest BCUT2D eigenvalue weighted by Gasteiger charge is 2.34. The summed E-state index contributed by atoms with van der Waals surface area (Å²) in [4.78, 5) is 12.3. The standard InChI is InChI=1S/C21H22ClF3N2O4S/c1-14-11-16(32(29,30)27-9-3-2-4-10-27)6-8-19(14)31-13-20(28)26-18-7-5-15(22)12-17(18)21(23,24)25/h5-8,11-12H,2-4,9-10,13H2,1H3,(H,26,28). The molecule has 32 heavy (non-hydrogen) atoms. The van der Waals surface area contributed by atoms with Crippen LogP contribution in [0.4, 0.5) is 18.9 Å². The van der Waals surface area contributed by atoms with E-state index in [0.29, 0.717) is 18.7 Å². The molecule has 0 unspecified atom stereocenters. The predicted octanol–water partition coefficient (Wildman–Crippen LogP) is 4.86. The molecule has 0 bridgehead atoms. The molecule has 2 aromatic rings. The van der Waals surface area contributed by atoms with Gasteiger partial charge in [0.2, 0.25) is 10.0 Å². The number of nitrogens with zero attached hydrogens (tertiary/aromatic N) is 1. The van der Waals surface area contributed by atoms with Crippen molar-refractivity contribution in [2.45, 2.75) is 37.3 Å². The van der Waals surface area contributed by atoms with Crippen LogP contribution in [-0.4, -0.2) is 38.3 Å². The molecule has 2 aromatic carbocycles. The van der Waals surface area contributed by atoms with Gasteiger partial charge < -0.3 is 10.1 Å². The zero-order valence-corrected chi connectivity index (χ0v) is 18.8. The van der Waals surface area contributed by atoms with Crippen molar-refractivity contribution in [2.75, 3.05) is 25.0 Å². The fourth-order valence-electron chi connectivity index (χ4n) is 3.39. The highest BCUT2D eigenvalue weighted by Crippen LogP contribution is 2.36. The number of anilines is 1. The zero-order valence-electron chi connectivity index (χ0n) is 17.2. The number of sulfonamides is 1. The summed E-state index contributed by atoms with van der Waals surface area (Å²) in [7, 11) is -3.61. The molecule has 174 valence electrons. The number of benzene rings is 2. The Morgan fingerprint density at radius 3 is 2.44 bits per heavy atom. The minimum Gasteiger partial charge on any atom is -0.483 e. The smallest absolute Gasteiger partial charge is 0.418 e. The average molecular weight is 491 g/mol. The van der Waals surface area contributed by atoms with Gasteiger partial charge in [0, 0.05) is 18.1 Å². The summed E-state index contributed by atoms with van der Waals surface area (Å²) in [6.07, 6.45) is -2.06. The van der Waals surface area contributed by atoms with Gasteiger partial charge in [-0.25, -0.2) is 8.42 Å². The van der Waals surface area contributed by atoms with Crippen LogP contribution in [0.15, 0.2) is 41.3 Å². The fourth-order valence-corrected chi connectivity index (χ4v) is 5.16. The first-order chi connectivity index (χ1) is 15.0. The molecule has 0 atom stereocenters. The van der Waals surface area contributed by atoms with E-state index in [1.165, 1.54) is 28.6 Å². The molecule has 0 aromatic heterocycles. The van der Waals surface area contributed by atoms with Crippen molar-refractivity contribution < 1.29 is 31.1 Å². The number of hydrogen-bond acceptors (Lipinski definition) is 4. The summed E-state index contributed by atoms with van der Waals surface area (Å²) in [6.45, 7) is 2.03. The molecule has 0 aliphatic carbocycles. The number of alkyl halides is 3. The second-order valence-electron chi connectivity index (χ2n) is 7.42. The van der Waals surface area contributed by atoms with E-state index in [0.717, 1.165) is 31.4 Å². The Kier molecular flexibility index (Phi) is 7.36. The third kappa shape index (κ3) is 5.73. The molecular weight excluding hydrogens is 469 g/mol.